The predicted octanol–water partition coefficient (Wildman–Crippen LogP) is 6.25. The van der Waals surface area contributed by atoms with Crippen molar-refractivity contribution in [3.8, 4) is 0 Å². The zero-order chi connectivity index (χ0) is 29.0. The van der Waals surface area contributed by atoms with Crippen LogP contribution in [0.4, 0.5) is 0 Å². The molecule has 0 aliphatic heterocycles. The zero-order valence-electron chi connectivity index (χ0n) is 24.4. The fourth-order valence-corrected chi connectivity index (χ4v) is 7.91. The normalized spacial score (nSPS) is 30.4. The van der Waals surface area contributed by atoms with Gasteiger partial charge >= 0.3 is 11.9 Å². The Kier molecular flexibility index (Phi) is 10.1. The summed E-state index contributed by atoms with van der Waals surface area (Å²) in [6.45, 7) is 15.7. The van der Waals surface area contributed by atoms with E-state index in [9.17, 15) is 19.5 Å². The summed E-state index contributed by atoms with van der Waals surface area (Å²) in [7, 11) is 0. The smallest absolute Gasteiger partial charge is 0.344 e. The minimum Gasteiger partial charge on any atom is -0.460 e. The monoisotopic (exact) mass is 558 g/mol. The first kappa shape index (κ1) is 31.4. The fraction of sp³-hybridized carbons (Fsp3) is 0.656. The summed E-state index contributed by atoms with van der Waals surface area (Å²) in [5.41, 5.74) is -1.44. The van der Waals surface area contributed by atoms with Gasteiger partial charge in [0.1, 0.15) is 11.9 Å². The fourth-order valence-electron chi connectivity index (χ4n) is 7.19. The number of ketones is 1. The number of rotatable bonds is 12. The number of ether oxygens (including phenoxy) is 2. The molecular formula is C32H46O6S. The van der Waals surface area contributed by atoms with E-state index in [1.165, 1.54) is 11.8 Å². The molecule has 3 rings (SSSR count). The van der Waals surface area contributed by atoms with Crippen molar-refractivity contribution in [3.05, 3.63) is 43.0 Å². The van der Waals surface area contributed by atoms with Gasteiger partial charge in [0.25, 0.3) is 0 Å². The van der Waals surface area contributed by atoms with Crippen LogP contribution in [0.5, 0.6) is 0 Å². The highest BCUT2D eigenvalue weighted by molar-refractivity contribution is 8.00. The molecule has 0 amide bonds. The lowest BCUT2D eigenvalue weighted by Crippen LogP contribution is -2.59. The van der Waals surface area contributed by atoms with Crippen LogP contribution in [0, 0.1) is 34.0 Å². The van der Waals surface area contributed by atoms with Crippen molar-refractivity contribution in [2.24, 2.45) is 34.0 Å². The molecule has 1 aromatic carbocycles. The summed E-state index contributed by atoms with van der Waals surface area (Å²) in [5.74, 6) is -1.15. The second-order valence-electron chi connectivity index (χ2n) is 12.1. The number of hydrogen-bond donors (Lipinski definition) is 1. The summed E-state index contributed by atoms with van der Waals surface area (Å²) < 4.78 is 11.1. The Bertz CT molecular complexity index is 1040. The van der Waals surface area contributed by atoms with Crippen LogP contribution in [-0.2, 0) is 23.9 Å². The molecule has 0 bridgehead atoms. The van der Waals surface area contributed by atoms with Crippen molar-refractivity contribution in [2.45, 2.75) is 90.7 Å². The molecule has 0 heterocycles. The van der Waals surface area contributed by atoms with Gasteiger partial charge in [0.05, 0.1) is 11.9 Å². The maximum absolute atomic E-state index is 13.6. The van der Waals surface area contributed by atoms with Crippen LogP contribution >= 0.6 is 11.8 Å². The second kappa shape index (κ2) is 12.6. The SMILES string of the molecule is C=C[C@](C)(CC)[C@@H](O)[C@H](C)[C@]12CCC(=O)[C@H]1[C@](C)([C@@H](C)OC(=O)COC(=O)CSc1ccccc1)[C@H](C)CC2. The lowest BCUT2D eigenvalue weighted by molar-refractivity contribution is -0.187. The molecule has 8 atom stereocenters. The van der Waals surface area contributed by atoms with Crippen LogP contribution in [0.2, 0.25) is 0 Å². The molecule has 0 radical (unpaired) electrons. The number of fused-ring (bicyclic) bond motifs is 1. The van der Waals surface area contributed by atoms with Gasteiger partial charge in [0, 0.05) is 28.1 Å². The van der Waals surface area contributed by atoms with Crippen LogP contribution in [0.3, 0.4) is 0 Å². The van der Waals surface area contributed by atoms with Gasteiger partial charge in [-0.1, -0.05) is 58.9 Å². The number of carbonyl (C=O) groups is 3. The summed E-state index contributed by atoms with van der Waals surface area (Å²) in [4.78, 5) is 39.5. The molecule has 0 aromatic heterocycles. The predicted molar refractivity (Wildman–Crippen MR) is 154 cm³/mol. The summed E-state index contributed by atoms with van der Waals surface area (Å²) >= 11 is 1.35. The Morgan fingerprint density at radius 2 is 1.90 bits per heavy atom. The number of benzene rings is 1. The highest BCUT2D eigenvalue weighted by atomic mass is 32.2. The Balaban J connectivity index is 1.72. The van der Waals surface area contributed by atoms with Gasteiger partial charge in [0.2, 0.25) is 0 Å². The van der Waals surface area contributed by atoms with Crippen LogP contribution in [0.15, 0.2) is 47.9 Å². The Labute approximate surface area is 238 Å². The molecule has 0 unspecified atom stereocenters. The van der Waals surface area contributed by atoms with E-state index in [-0.39, 0.29) is 34.7 Å². The molecule has 2 aliphatic rings. The first-order chi connectivity index (χ1) is 18.4. The quantitative estimate of drug-likeness (QED) is 0.184. The van der Waals surface area contributed by atoms with Crippen LogP contribution in [0.1, 0.15) is 73.6 Å². The number of thioether (sulfide) groups is 1. The first-order valence-electron chi connectivity index (χ1n) is 14.2. The number of esters is 2. The maximum Gasteiger partial charge on any atom is 0.344 e. The molecule has 0 saturated heterocycles. The molecule has 7 heteroatoms. The van der Waals surface area contributed by atoms with Gasteiger partial charge < -0.3 is 14.6 Å². The molecule has 6 nitrogen and oxygen atoms in total. The highest BCUT2D eigenvalue weighted by Crippen LogP contribution is 2.65. The highest BCUT2D eigenvalue weighted by Gasteiger charge is 2.65. The topological polar surface area (TPSA) is 89.9 Å². The van der Waals surface area contributed by atoms with E-state index in [0.29, 0.717) is 6.42 Å². The van der Waals surface area contributed by atoms with Crippen LogP contribution < -0.4 is 0 Å². The van der Waals surface area contributed by atoms with E-state index in [0.717, 1.165) is 30.6 Å². The van der Waals surface area contributed by atoms with Crippen LogP contribution in [-0.4, -0.2) is 47.4 Å². The number of Topliss-reactive ketones (excluding diaryl/α,β-unsaturated/α-hetero) is 1. The number of carbonyl (C=O) groups excluding carboxylic acids is 3. The summed E-state index contributed by atoms with van der Waals surface area (Å²) in [6.07, 6.45) is 4.31. The Morgan fingerprint density at radius 3 is 2.51 bits per heavy atom. The number of aliphatic hydroxyl groups excluding tert-OH is 1. The summed E-state index contributed by atoms with van der Waals surface area (Å²) in [5, 5.41) is 11.6. The van der Waals surface area contributed by atoms with E-state index in [4.69, 9.17) is 9.47 Å². The zero-order valence-corrected chi connectivity index (χ0v) is 25.2. The van der Waals surface area contributed by atoms with Crippen molar-refractivity contribution in [3.63, 3.8) is 0 Å². The molecule has 2 aliphatic carbocycles. The largest absolute Gasteiger partial charge is 0.460 e. The molecule has 2 saturated carbocycles. The molecule has 2 fully saturated rings. The van der Waals surface area contributed by atoms with Gasteiger partial charge in [0.15, 0.2) is 6.61 Å². The van der Waals surface area contributed by atoms with Gasteiger partial charge in [-0.2, -0.15) is 0 Å². The first-order valence-corrected chi connectivity index (χ1v) is 15.2. The Hall–Kier alpha value is -2.12. The molecule has 39 heavy (non-hydrogen) atoms. The average Bonchev–Trinajstić information content (AvgIpc) is 3.30. The molecule has 1 N–H and O–H groups in total. The van der Waals surface area contributed by atoms with Crippen molar-refractivity contribution in [1.82, 2.24) is 0 Å². The van der Waals surface area contributed by atoms with E-state index < -0.39 is 41.6 Å². The third-order valence-corrected chi connectivity index (χ3v) is 11.4. The third kappa shape index (κ3) is 6.14. The van der Waals surface area contributed by atoms with Crippen molar-refractivity contribution in [1.29, 1.82) is 0 Å². The third-order valence-electron chi connectivity index (χ3n) is 10.4. The molecule has 216 valence electrons. The van der Waals surface area contributed by atoms with Gasteiger partial charge in [-0.25, -0.2) is 4.79 Å². The molecular weight excluding hydrogens is 512 g/mol. The number of hydrogen-bond acceptors (Lipinski definition) is 7. The minimum absolute atomic E-state index is 0.0995. The van der Waals surface area contributed by atoms with E-state index in [1.54, 1.807) is 0 Å². The van der Waals surface area contributed by atoms with Crippen molar-refractivity contribution in [2.75, 3.05) is 12.4 Å². The lowest BCUT2D eigenvalue weighted by atomic mass is 9.46. The second-order valence-corrected chi connectivity index (χ2v) is 13.2. The standard InChI is InChI=1S/C32H46O6S/c1-8-30(6,9-2)29(36)22(4)32-17-15-21(3)31(7,28(32)25(33)16-18-32)23(5)38-26(34)19-37-27(35)20-39-24-13-11-10-12-14-24/h8,10-14,21-23,28-29,36H,1,9,15-20H2,2-7H3/t21-,22+,23-,28+,29+,30-,31+,32+/m1/s1. The average molecular weight is 559 g/mol. The van der Waals surface area contributed by atoms with Crippen molar-refractivity contribution < 1.29 is 29.0 Å². The van der Waals surface area contributed by atoms with Gasteiger partial charge in [-0.15, -0.1) is 18.3 Å². The van der Waals surface area contributed by atoms with E-state index in [1.807, 2.05) is 57.2 Å². The number of aliphatic hydroxyl groups is 1. The van der Waals surface area contributed by atoms with Gasteiger partial charge in [-0.05, 0) is 62.0 Å². The Morgan fingerprint density at radius 1 is 1.23 bits per heavy atom. The minimum atomic E-state index is -0.642. The molecule has 1 aromatic rings. The summed E-state index contributed by atoms with van der Waals surface area (Å²) in [6, 6.07) is 9.51. The lowest BCUT2D eigenvalue weighted by Gasteiger charge is -2.58. The van der Waals surface area contributed by atoms with E-state index >= 15 is 0 Å². The van der Waals surface area contributed by atoms with Crippen molar-refractivity contribution >= 4 is 29.5 Å². The van der Waals surface area contributed by atoms with Crippen LogP contribution in [0.25, 0.3) is 0 Å². The van der Waals surface area contributed by atoms with Gasteiger partial charge in [-0.3, -0.25) is 9.59 Å². The maximum atomic E-state index is 13.6. The van der Waals surface area contributed by atoms with E-state index in [2.05, 4.69) is 27.4 Å². The molecule has 0 spiro atoms.